The van der Waals surface area contributed by atoms with E-state index in [1.54, 1.807) is 4.90 Å². The molecule has 2 aromatic rings. The number of alkyl carbamates (subject to hydrolysis) is 1. The molecule has 0 aliphatic carbocycles. The number of nitrogens with one attached hydrogen (secondary N) is 2. The number of nitrogens with zero attached hydrogens (tertiary/aromatic N) is 1. The van der Waals surface area contributed by atoms with Gasteiger partial charge in [0.15, 0.2) is 0 Å². The Morgan fingerprint density at radius 1 is 1.10 bits per heavy atom. The van der Waals surface area contributed by atoms with Crippen LogP contribution in [0.4, 0.5) is 15.3 Å². The zero-order valence-corrected chi connectivity index (χ0v) is 17.7. The van der Waals surface area contributed by atoms with Gasteiger partial charge < -0.3 is 20.1 Å². The van der Waals surface area contributed by atoms with Crippen LogP contribution in [0.5, 0.6) is 0 Å². The van der Waals surface area contributed by atoms with E-state index in [0.717, 1.165) is 16.8 Å². The average molecular weight is 425 g/mol. The number of carbonyl (C=O) groups excluding carboxylic acids is 3. The van der Waals surface area contributed by atoms with E-state index in [9.17, 15) is 14.4 Å². The van der Waals surface area contributed by atoms with Crippen molar-refractivity contribution in [1.29, 1.82) is 0 Å². The molecular formula is C23H27N3O5. The summed E-state index contributed by atoms with van der Waals surface area (Å²) in [4.78, 5) is 38.2. The molecular weight excluding hydrogens is 398 g/mol. The van der Waals surface area contributed by atoms with Gasteiger partial charge in [0.1, 0.15) is 19.3 Å². The highest BCUT2D eigenvalue weighted by Gasteiger charge is 2.25. The van der Waals surface area contributed by atoms with Crippen LogP contribution in [0.3, 0.4) is 0 Å². The fourth-order valence-electron chi connectivity index (χ4n) is 3.19. The smallest absolute Gasteiger partial charge is 0.414 e. The van der Waals surface area contributed by atoms with Gasteiger partial charge in [0, 0.05) is 12.2 Å². The van der Waals surface area contributed by atoms with Crippen LogP contribution in [-0.4, -0.2) is 37.3 Å². The van der Waals surface area contributed by atoms with Gasteiger partial charge in [0.2, 0.25) is 5.91 Å². The van der Waals surface area contributed by atoms with Gasteiger partial charge in [-0.1, -0.05) is 56.3 Å². The zero-order chi connectivity index (χ0) is 22.2. The summed E-state index contributed by atoms with van der Waals surface area (Å²) in [6, 6.07) is 15.9. The lowest BCUT2D eigenvalue weighted by atomic mass is 10.0. The lowest BCUT2D eigenvalue weighted by Gasteiger charge is -2.21. The fraction of sp³-hybridized carbons (Fsp3) is 0.348. The summed E-state index contributed by atoms with van der Waals surface area (Å²) in [6.45, 7) is 4.95. The molecule has 164 valence electrons. The maximum atomic E-state index is 12.7. The molecule has 8 heteroatoms. The van der Waals surface area contributed by atoms with E-state index in [-0.39, 0.29) is 31.1 Å². The minimum absolute atomic E-state index is 0.130. The second-order valence-electron chi connectivity index (χ2n) is 7.58. The monoisotopic (exact) mass is 425 g/mol. The number of ether oxygens (including phenoxy) is 2. The summed E-state index contributed by atoms with van der Waals surface area (Å²) in [7, 11) is 0. The van der Waals surface area contributed by atoms with Crippen molar-refractivity contribution in [1.82, 2.24) is 10.6 Å². The van der Waals surface area contributed by atoms with Gasteiger partial charge >= 0.3 is 12.2 Å². The lowest BCUT2D eigenvalue weighted by molar-refractivity contribution is -0.124. The van der Waals surface area contributed by atoms with Gasteiger partial charge in [0.25, 0.3) is 0 Å². The summed E-state index contributed by atoms with van der Waals surface area (Å²) in [6.07, 6.45) is -1.02. The molecule has 1 aliphatic rings. The van der Waals surface area contributed by atoms with E-state index in [2.05, 4.69) is 10.6 Å². The van der Waals surface area contributed by atoms with Crippen LogP contribution in [0.2, 0.25) is 0 Å². The van der Waals surface area contributed by atoms with Crippen molar-refractivity contribution in [3.63, 3.8) is 0 Å². The van der Waals surface area contributed by atoms with Gasteiger partial charge in [-0.05, 0) is 29.2 Å². The minimum atomic E-state index is -0.736. The Hall–Kier alpha value is -3.55. The molecule has 8 nitrogen and oxygen atoms in total. The highest BCUT2D eigenvalue weighted by Crippen LogP contribution is 2.20. The Morgan fingerprint density at radius 2 is 1.84 bits per heavy atom. The first kappa shape index (κ1) is 22.1. The van der Waals surface area contributed by atoms with Crippen molar-refractivity contribution in [2.24, 2.45) is 5.92 Å². The molecule has 0 saturated carbocycles. The van der Waals surface area contributed by atoms with Crippen molar-refractivity contribution in [3.8, 4) is 0 Å². The zero-order valence-electron chi connectivity index (χ0n) is 17.7. The first-order valence-electron chi connectivity index (χ1n) is 10.2. The van der Waals surface area contributed by atoms with E-state index >= 15 is 0 Å². The first-order chi connectivity index (χ1) is 14.9. The van der Waals surface area contributed by atoms with Crippen molar-refractivity contribution in [2.75, 3.05) is 18.1 Å². The van der Waals surface area contributed by atoms with Crippen LogP contribution in [0.1, 0.15) is 25.0 Å². The molecule has 0 unspecified atom stereocenters. The highest BCUT2D eigenvalue weighted by atomic mass is 16.6. The number of cyclic esters (lactones) is 1. The standard InChI is InChI=1S/C23H27N3O5/c1-16(2)20(25-22(28)31-15-17-7-4-3-5-8-17)21(27)24-14-18-9-6-10-19(13-18)26-11-12-30-23(26)29/h3-10,13,16,20H,11-12,14-15H2,1-2H3,(H,24,27)(H,25,28)/t20-/m0/s1. The van der Waals surface area contributed by atoms with Crippen LogP contribution in [0.15, 0.2) is 54.6 Å². The summed E-state index contributed by atoms with van der Waals surface area (Å²) in [5, 5.41) is 5.49. The maximum absolute atomic E-state index is 12.7. The second-order valence-corrected chi connectivity index (χ2v) is 7.58. The molecule has 1 heterocycles. The van der Waals surface area contributed by atoms with Gasteiger partial charge in [0.05, 0.1) is 6.54 Å². The Bertz CT molecular complexity index is 916. The Morgan fingerprint density at radius 3 is 2.52 bits per heavy atom. The molecule has 2 N–H and O–H groups in total. The fourth-order valence-corrected chi connectivity index (χ4v) is 3.19. The van der Waals surface area contributed by atoms with Crippen LogP contribution in [-0.2, 0) is 27.4 Å². The summed E-state index contributed by atoms with van der Waals surface area (Å²) < 4.78 is 10.2. The molecule has 3 rings (SSSR count). The summed E-state index contributed by atoms with van der Waals surface area (Å²) in [5.41, 5.74) is 2.42. The number of rotatable bonds is 8. The molecule has 1 atom stereocenters. The lowest BCUT2D eigenvalue weighted by Crippen LogP contribution is -2.49. The summed E-state index contributed by atoms with van der Waals surface area (Å²) >= 11 is 0. The van der Waals surface area contributed by atoms with E-state index < -0.39 is 12.1 Å². The van der Waals surface area contributed by atoms with Crippen LogP contribution < -0.4 is 15.5 Å². The van der Waals surface area contributed by atoms with Gasteiger partial charge in [-0.15, -0.1) is 0 Å². The van der Waals surface area contributed by atoms with Crippen molar-refractivity contribution >= 4 is 23.8 Å². The predicted octanol–water partition coefficient (Wildman–Crippen LogP) is 3.21. The molecule has 1 aliphatic heterocycles. The Kier molecular flexibility index (Phi) is 7.48. The third kappa shape index (κ3) is 6.21. The Balaban J connectivity index is 1.53. The maximum Gasteiger partial charge on any atom is 0.414 e. The topological polar surface area (TPSA) is 97.0 Å². The van der Waals surface area contributed by atoms with E-state index in [0.29, 0.717) is 13.2 Å². The largest absolute Gasteiger partial charge is 0.447 e. The molecule has 1 saturated heterocycles. The van der Waals surface area contributed by atoms with Crippen LogP contribution in [0.25, 0.3) is 0 Å². The van der Waals surface area contributed by atoms with Crippen LogP contribution >= 0.6 is 0 Å². The normalized spacial score (nSPS) is 14.2. The van der Waals surface area contributed by atoms with Crippen molar-refractivity contribution in [2.45, 2.75) is 33.0 Å². The van der Waals surface area contributed by atoms with Gasteiger partial charge in [-0.3, -0.25) is 9.69 Å². The SMILES string of the molecule is CC(C)[C@H](NC(=O)OCc1ccccc1)C(=O)NCc1cccc(N2CCOC2=O)c1. The summed E-state index contributed by atoms with van der Waals surface area (Å²) in [5.74, 6) is -0.437. The number of hydrogen-bond acceptors (Lipinski definition) is 5. The number of carbonyl (C=O) groups is 3. The number of amides is 3. The molecule has 0 bridgehead atoms. The molecule has 0 aromatic heterocycles. The second kappa shape index (κ2) is 10.5. The number of benzene rings is 2. The quantitative estimate of drug-likeness (QED) is 0.677. The number of anilines is 1. The van der Waals surface area contributed by atoms with E-state index in [1.165, 1.54) is 0 Å². The highest BCUT2D eigenvalue weighted by molar-refractivity contribution is 5.89. The minimum Gasteiger partial charge on any atom is -0.447 e. The predicted molar refractivity (Wildman–Crippen MR) is 115 cm³/mol. The van der Waals surface area contributed by atoms with Gasteiger partial charge in [-0.25, -0.2) is 9.59 Å². The Labute approximate surface area is 181 Å². The molecule has 3 amide bonds. The number of hydrogen-bond donors (Lipinski definition) is 2. The third-order valence-electron chi connectivity index (χ3n) is 4.89. The van der Waals surface area contributed by atoms with E-state index in [4.69, 9.17) is 9.47 Å². The average Bonchev–Trinajstić information content (AvgIpc) is 3.21. The molecule has 2 aromatic carbocycles. The first-order valence-corrected chi connectivity index (χ1v) is 10.2. The van der Waals surface area contributed by atoms with Crippen molar-refractivity contribution < 1.29 is 23.9 Å². The molecule has 0 radical (unpaired) electrons. The van der Waals surface area contributed by atoms with Crippen molar-refractivity contribution in [3.05, 3.63) is 65.7 Å². The van der Waals surface area contributed by atoms with Crippen LogP contribution in [0, 0.1) is 5.92 Å². The molecule has 1 fully saturated rings. The van der Waals surface area contributed by atoms with Gasteiger partial charge in [-0.2, -0.15) is 0 Å². The molecule has 31 heavy (non-hydrogen) atoms. The third-order valence-corrected chi connectivity index (χ3v) is 4.89. The van der Waals surface area contributed by atoms with E-state index in [1.807, 2.05) is 68.4 Å². The molecule has 0 spiro atoms.